The van der Waals surface area contributed by atoms with Gasteiger partial charge in [0, 0.05) is 32.1 Å². The number of aromatic nitrogens is 1. The van der Waals surface area contributed by atoms with E-state index in [0.29, 0.717) is 54.5 Å². The molecule has 0 amide bonds. The first kappa shape index (κ1) is 18.0. The monoisotopic (exact) mass is 386 g/mol. The normalized spacial score (nSPS) is 18.5. The molecule has 8 heteroatoms. The third kappa shape index (κ3) is 3.33. The van der Waals surface area contributed by atoms with Gasteiger partial charge in [0.25, 0.3) is 0 Å². The summed E-state index contributed by atoms with van der Waals surface area (Å²) in [7, 11) is -3.53. The number of anilines is 1. The van der Waals surface area contributed by atoms with Crippen LogP contribution in [0.1, 0.15) is 41.5 Å². The van der Waals surface area contributed by atoms with E-state index in [4.69, 9.17) is 4.42 Å². The molecule has 2 aromatic rings. The van der Waals surface area contributed by atoms with Crippen molar-refractivity contribution in [3.8, 4) is 6.07 Å². The van der Waals surface area contributed by atoms with Crippen LogP contribution in [0.5, 0.6) is 0 Å². The molecule has 27 heavy (non-hydrogen) atoms. The lowest BCUT2D eigenvalue weighted by Gasteiger charge is -2.33. The smallest absolute Gasteiger partial charge is 0.243 e. The summed E-state index contributed by atoms with van der Waals surface area (Å²) >= 11 is 0. The molecule has 0 radical (unpaired) electrons. The van der Waals surface area contributed by atoms with E-state index < -0.39 is 10.0 Å². The number of nitrogens with zero attached hydrogens (tertiary/aromatic N) is 4. The highest BCUT2D eigenvalue weighted by Gasteiger charge is 2.34. The summed E-state index contributed by atoms with van der Waals surface area (Å²) in [6.45, 7) is 5.51. The van der Waals surface area contributed by atoms with E-state index in [9.17, 15) is 13.7 Å². The van der Waals surface area contributed by atoms with Crippen molar-refractivity contribution < 1.29 is 12.8 Å². The number of hydrogen-bond donors (Lipinski definition) is 0. The molecule has 0 bridgehead atoms. The Morgan fingerprint density at radius 2 is 1.85 bits per heavy atom. The third-order valence-electron chi connectivity index (χ3n) is 5.30. The highest BCUT2D eigenvalue weighted by atomic mass is 32.2. The molecule has 4 rings (SSSR count). The van der Waals surface area contributed by atoms with Gasteiger partial charge in [0.05, 0.1) is 4.90 Å². The number of benzene rings is 1. The van der Waals surface area contributed by atoms with Crippen molar-refractivity contribution in [1.82, 2.24) is 9.29 Å². The summed E-state index contributed by atoms with van der Waals surface area (Å²) in [6, 6.07) is 7.32. The maximum Gasteiger partial charge on any atom is 0.243 e. The summed E-state index contributed by atoms with van der Waals surface area (Å²) in [4.78, 5) is 6.54. The van der Waals surface area contributed by atoms with Crippen LogP contribution in [0.25, 0.3) is 0 Å². The van der Waals surface area contributed by atoms with Crippen molar-refractivity contribution in [1.29, 1.82) is 5.26 Å². The van der Waals surface area contributed by atoms with Crippen molar-refractivity contribution >= 4 is 15.9 Å². The Morgan fingerprint density at radius 3 is 2.44 bits per heavy atom. The Hall–Kier alpha value is -2.37. The Labute approximate surface area is 159 Å². The van der Waals surface area contributed by atoms with Crippen LogP contribution in [-0.4, -0.2) is 43.9 Å². The molecule has 1 aromatic carbocycles. The van der Waals surface area contributed by atoms with Crippen LogP contribution < -0.4 is 4.90 Å². The summed E-state index contributed by atoms with van der Waals surface area (Å²) in [5.74, 6) is 1.44. The molecule has 2 heterocycles. The van der Waals surface area contributed by atoms with Crippen molar-refractivity contribution in [2.45, 2.75) is 37.5 Å². The standard InChI is InChI=1S/C19H22N4O3S/c1-13-3-6-16(11-14(13)2)27(24,25)23-9-7-22(8-10-23)19-17(12-20)21-18(26-19)15-4-5-15/h3,6,11,15H,4-5,7-10H2,1-2H3. The first-order valence-corrected chi connectivity index (χ1v) is 10.6. The van der Waals surface area contributed by atoms with Crippen molar-refractivity contribution in [2.24, 2.45) is 0 Å². The topological polar surface area (TPSA) is 90.4 Å². The molecular weight excluding hydrogens is 364 g/mol. The van der Waals surface area contributed by atoms with Gasteiger partial charge >= 0.3 is 0 Å². The Bertz CT molecular complexity index is 1010. The third-order valence-corrected chi connectivity index (χ3v) is 7.19. The van der Waals surface area contributed by atoms with E-state index >= 15 is 0 Å². The summed E-state index contributed by atoms with van der Waals surface area (Å²) in [5, 5.41) is 9.34. The molecule has 1 aliphatic heterocycles. The first-order valence-electron chi connectivity index (χ1n) is 9.13. The Balaban J connectivity index is 1.50. The highest BCUT2D eigenvalue weighted by Crippen LogP contribution is 2.41. The molecular formula is C19H22N4O3S. The SMILES string of the molecule is Cc1ccc(S(=O)(=O)N2CCN(c3oc(C4CC4)nc3C#N)CC2)cc1C. The number of sulfonamides is 1. The molecule has 1 saturated heterocycles. The van der Waals surface area contributed by atoms with E-state index in [0.717, 1.165) is 24.0 Å². The van der Waals surface area contributed by atoms with Crippen LogP contribution in [0.15, 0.2) is 27.5 Å². The van der Waals surface area contributed by atoms with Crippen LogP contribution in [0.2, 0.25) is 0 Å². The summed E-state index contributed by atoms with van der Waals surface area (Å²) in [5.41, 5.74) is 2.32. The second-order valence-electron chi connectivity index (χ2n) is 7.23. The number of oxazole rings is 1. The number of hydrogen-bond acceptors (Lipinski definition) is 6. The zero-order valence-corrected chi connectivity index (χ0v) is 16.3. The van der Waals surface area contributed by atoms with Crippen LogP contribution in [0, 0.1) is 25.2 Å². The van der Waals surface area contributed by atoms with Gasteiger partial charge in [-0.15, -0.1) is 0 Å². The van der Waals surface area contributed by atoms with Crippen molar-refractivity contribution in [2.75, 3.05) is 31.1 Å². The van der Waals surface area contributed by atoms with Crippen molar-refractivity contribution in [3.05, 3.63) is 40.9 Å². The predicted octanol–water partition coefficient (Wildman–Crippen LogP) is 2.55. The number of piperazine rings is 1. The minimum absolute atomic E-state index is 0.294. The maximum absolute atomic E-state index is 12.9. The second kappa shape index (κ2) is 6.66. The number of aryl methyl sites for hydroxylation is 2. The van der Waals surface area contributed by atoms with E-state index in [1.54, 1.807) is 12.1 Å². The van der Waals surface area contributed by atoms with Gasteiger partial charge in [0.2, 0.25) is 27.5 Å². The molecule has 0 unspecified atom stereocenters. The van der Waals surface area contributed by atoms with E-state index in [1.165, 1.54) is 4.31 Å². The van der Waals surface area contributed by atoms with Crippen molar-refractivity contribution in [3.63, 3.8) is 0 Å². The second-order valence-corrected chi connectivity index (χ2v) is 9.17. The molecule has 7 nitrogen and oxygen atoms in total. The lowest BCUT2D eigenvalue weighted by Crippen LogP contribution is -2.48. The fourth-order valence-corrected chi connectivity index (χ4v) is 4.78. The minimum atomic E-state index is -3.53. The molecule has 2 fully saturated rings. The average Bonchev–Trinajstić information content (AvgIpc) is 3.43. The van der Waals surface area contributed by atoms with Gasteiger partial charge in [-0.2, -0.15) is 9.57 Å². The van der Waals surface area contributed by atoms with E-state index in [1.807, 2.05) is 24.8 Å². The molecule has 1 aromatic heterocycles. The molecule has 0 atom stereocenters. The predicted molar refractivity (Wildman–Crippen MR) is 100 cm³/mol. The zero-order chi connectivity index (χ0) is 19.2. The van der Waals surface area contributed by atoms with Crippen LogP contribution >= 0.6 is 0 Å². The molecule has 2 aliphatic rings. The number of nitriles is 1. The quantitative estimate of drug-likeness (QED) is 0.802. The Morgan fingerprint density at radius 1 is 1.15 bits per heavy atom. The largest absolute Gasteiger partial charge is 0.423 e. The van der Waals surface area contributed by atoms with Crippen LogP contribution in [0.3, 0.4) is 0 Å². The van der Waals surface area contributed by atoms with Crippen LogP contribution in [0.4, 0.5) is 5.88 Å². The first-order chi connectivity index (χ1) is 12.9. The van der Waals surface area contributed by atoms with Gasteiger partial charge in [-0.25, -0.2) is 13.4 Å². The van der Waals surface area contributed by atoms with E-state index in [-0.39, 0.29) is 0 Å². The van der Waals surface area contributed by atoms with Crippen LogP contribution in [-0.2, 0) is 10.0 Å². The van der Waals surface area contributed by atoms with E-state index in [2.05, 4.69) is 11.1 Å². The fourth-order valence-electron chi connectivity index (χ4n) is 3.28. The summed E-state index contributed by atoms with van der Waals surface area (Å²) < 4.78 is 33.2. The summed E-state index contributed by atoms with van der Waals surface area (Å²) in [6.07, 6.45) is 2.10. The zero-order valence-electron chi connectivity index (χ0n) is 15.5. The van der Waals surface area contributed by atoms with Gasteiger partial charge in [0.1, 0.15) is 6.07 Å². The van der Waals surface area contributed by atoms with Gasteiger partial charge in [-0.05, 0) is 49.9 Å². The van der Waals surface area contributed by atoms with Gasteiger partial charge in [0.15, 0.2) is 0 Å². The molecule has 0 spiro atoms. The van der Waals surface area contributed by atoms with Gasteiger partial charge < -0.3 is 9.32 Å². The lowest BCUT2D eigenvalue weighted by atomic mass is 10.1. The number of rotatable bonds is 4. The average molecular weight is 386 g/mol. The maximum atomic E-state index is 12.9. The molecule has 1 saturated carbocycles. The van der Waals surface area contributed by atoms with Gasteiger partial charge in [-0.1, -0.05) is 6.07 Å². The fraction of sp³-hybridized carbons (Fsp3) is 0.474. The lowest BCUT2D eigenvalue weighted by molar-refractivity contribution is 0.370. The Kier molecular flexibility index (Phi) is 4.44. The molecule has 0 N–H and O–H groups in total. The van der Waals surface area contributed by atoms with Gasteiger partial charge in [-0.3, -0.25) is 0 Å². The molecule has 142 valence electrons. The highest BCUT2D eigenvalue weighted by molar-refractivity contribution is 7.89. The molecule has 1 aliphatic carbocycles. The minimum Gasteiger partial charge on any atom is -0.423 e.